The van der Waals surface area contributed by atoms with Crippen molar-refractivity contribution < 1.29 is 22.7 Å². The van der Waals surface area contributed by atoms with Crippen molar-refractivity contribution in [2.24, 2.45) is 0 Å². The maximum atomic E-state index is 13.1. The van der Waals surface area contributed by atoms with E-state index in [1.165, 1.54) is 4.31 Å². The van der Waals surface area contributed by atoms with E-state index in [4.69, 9.17) is 4.74 Å². The summed E-state index contributed by atoms with van der Waals surface area (Å²) in [6.07, 6.45) is -0.294. The van der Waals surface area contributed by atoms with Crippen molar-refractivity contribution in [1.82, 2.24) is 14.9 Å². The molecule has 0 aromatic heterocycles. The quantitative estimate of drug-likeness (QED) is 0.711. The molecule has 1 aliphatic heterocycles. The molecule has 0 radical (unpaired) electrons. The Morgan fingerprint density at radius 1 is 1.23 bits per heavy atom. The van der Waals surface area contributed by atoms with Crippen molar-refractivity contribution in [2.45, 2.75) is 38.3 Å². The second-order valence-corrected chi connectivity index (χ2v) is 7.99. The Kier molecular flexibility index (Phi) is 6.74. The lowest BCUT2D eigenvalue weighted by molar-refractivity contribution is -0.140. The fraction of sp³-hybridized carbons (Fsp3) is 0.529. The maximum Gasteiger partial charge on any atom is 0.309 e. The van der Waals surface area contributed by atoms with Gasteiger partial charge in [-0.2, -0.15) is 4.31 Å². The molecule has 1 heterocycles. The number of carbonyl (C=O) groups excluding carboxylic acids is 2. The van der Waals surface area contributed by atoms with Gasteiger partial charge in [0, 0.05) is 13.1 Å². The summed E-state index contributed by atoms with van der Waals surface area (Å²) in [5.74, 6) is -1.57. The first-order valence-corrected chi connectivity index (χ1v) is 9.98. The summed E-state index contributed by atoms with van der Waals surface area (Å²) in [6, 6.07) is 5.24. The lowest BCUT2D eigenvalue weighted by atomic mass is 10.2. The van der Waals surface area contributed by atoms with Crippen LogP contribution in [-0.2, 0) is 24.3 Å². The minimum atomic E-state index is -3.79. The number of rotatable bonds is 5. The molecular formula is C17H25N3O5S. The van der Waals surface area contributed by atoms with Crippen molar-refractivity contribution in [3.63, 3.8) is 0 Å². The number of hydrogen-bond donors (Lipinski definition) is 2. The van der Waals surface area contributed by atoms with Gasteiger partial charge in [0.05, 0.1) is 18.0 Å². The summed E-state index contributed by atoms with van der Waals surface area (Å²) in [6.45, 7) is 6.18. The molecule has 1 saturated heterocycles. The van der Waals surface area contributed by atoms with Crippen molar-refractivity contribution >= 4 is 21.8 Å². The summed E-state index contributed by atoms with van der Waals surface area (Å²) in [5, 5.41) is 4.82. The van der Waals surface area contributed by atoms with Crippen LogP contribution in [-0.4, -0.2) is 57.0 Å². The molecule has 1 aliphatic rings. The van der Waals surface area contributed by atoms with E-state index in [1.54, 1.807) is 26.0 Å². The zero-order chi connectivity index (χ0) is 19.3. The molecule has 0 aliphatic carbocycles. The van der Waals surface area contributed by atoms with Crippen LogP contribution in [0.25, 0.3) is 0 Å². The average molecular weight is 383 g/mol. The number of ether oxygens (including phenoxy) is 1. The van der Waals surface area contributed by atoms with Gasteiger partial charge in [0.25, 0.3) is 0 Å². The molecule has 9 heteroatoms. The Balaban J connectivity index is 2.18. The van der Waals surface area contributed by atoms with Gasteiger partial charge in [0.2, 0.25) is 10.0 Å². The monoisotopic (exact) mass is 383 g/mol. The second-order valence-electron chi connectivity index (χ2n) is 6.13. The van der Waals surface area contributed by atoms with Gasteiger partial charge >= 0.3 is 11.8 Å². The fourth-order valence-electron chi connectivity index (χ4n) is 2.72. The highest BCUT2D eigenvalue weighted by atomic mass is 32.2. The zero-order valence-electron chi connectivity index (χ0n) is 15.2. The molecule has 0 saturated carbocycles. The van der Waals surface area contributed by atoms with Gasteiger partial charge in [-0.25, -0.2) is 8.42 Å². The molecule has 0 unspecified atom stereocenters. The molecule has 1 atom stereocenters. The Morgan fingerprint density at radius 3 is 2.62 bits per heavy atom. The standard InChI is InChI=1S/C17H25N3O5S/c1-4-18-16(21)17(22)19-11-15-20(8-5-9-25-15)26(23,24)14-10-12(2)6-7-13(14)3/h6-7,10,15H,4-5,8-9,11H2,1-3H3,(H,18,21)(H,19,22)/t15-/m1/s1. The highest BCUT2D eigenvalue weighted by molar-refractivity contribution is 7.89. The van der Waals surface area contributed by atoms with Crippen LogP contribution in [0.15, 0.2) is 23.1 Å². The minimum Gasteiger partial charge on any atom is -0.360 e. The van der Waals surface area contributed by atoms with Gasteiger partial charge in [-0.15, -0.1) is 0 Å². The molecule has 0 bridgehead atoms. The Bertz CT molecular complexity index is 779. The first-order valence-electron chi connectivity index (χ1n) is 8.54. The van der Waals surface area contributed by atoms with Crippen molar-refractivity contribution in [3.05, 3.63) is 29.3 Å². The van der Waals surface area contributed by atoms with Gasteiger partial charge in [-0.3, -0.25) is 9.59 Å². The first kappa shape index (κ1) is 20.3. The third-order valence-electron chi connectivity index (χ3n) is 4.07. The van der Waals surface area contributed by atoms with Gasteiger partial charge in [0.1, 0.15) is 6.23 Å². The summed E-state index contributed by atoms with van der Waals surface area (Å²) < 4.78 is 33.0. The van der Waals surface area contributed by atoms with Crippen LogP contribution in [0.1, 0.15) is 24.5 Å². The van der Waals surface area contributed by atoms with E-state index in [2.05, 4.69) is 10.6 Å². The number of benzene rings is 1. The van der Waals surface area contributed by atoms with Gasteiger partial charge in [-0.05, 0) is 44.4 Å². The van der Waals surface area contributed by atoms with Crippen LogP contribution in [0, 0.1) is 13.8 Å². The van der Waals surface area contributed by atoms with Crippen molar-refractivity contribution in [2.75, 3.05) is 26.2 Å². The van der Waals surface area contributed by atoms with E-state index in [-0.39, 0.29) is 18.0 Å². The number of nitrogens with zero attached hydrogens (tertiary/aromatic N) is 1. The Morgan fingerprint density at radius 2 is 1.92 bits per heavy atom. The lowest BCUT2D eigenvalue weighted by Gasteiger charge is -2.35. The molecule has 2 N–H and O–H groups in total. The molecule has 1 fully saturated rings. The first-order chi connectivity index (χ1) is 12.3. The van der Waals surface area contributed by atoms with E-state index in [1.807, 2.05) is 13.0 Å². The molecule has 2 amide bonds. The molecule has 144 valence electrons. The Labute approximate surface area is 153 Å². The van der Waals surface area contributed by atoms with E-state index >= 15 is 0 Å². The summed E-state index contributed by atoms with van der Waals surface area (Å²) >= 11 is 0. The summed E-state index contributed by atoms with van der Waals surface area (Å²) in [4.78, 5) is 23.5. The molecule has 1 aromatic rings. The molecule has 2 rings (SSSR count). The number of aryl methyl sites for hydroxylation is 2. The molecule has 1 aromatic carbocycles. The van der Waals surface area contributed by atoms with Gasteiger partial charge in [0.15, 0.2) is 0 Å². The van der Waals surface area contributed by atoms with Gasteiger partial charge < -0.3 is 15.4 Å². The van der Waals surface area contributed by atoms with Gasteiger partial charge in [-0.1, -0.05) is 12.1 Å². The Hall–Kier alpha value is -1.97. The average Bonchev–Trinajstić information content (AvgIpc) is 2.62. The van der Waals surface area contributed by atoms with E-state index < -0.39 is 28.1 Å². The molecule has 26 heavy (non-hydrogen) atoms. The van der Waals surface area contributed by atoms with E-state index in [9.17, 15) is 18.0 Å². The summed E-state index contributed by atoms with van der Waals surface area (Å²) in [5.41, 5.74) is 1.49. The van der Waals surface area contributed by atoms with Crippen LogP contribution in [0.2, 0.25) is 0 Å². The number of hydrogen-bond acceptors (Lipinski definition) is 5. The van der Waals surface area contributed by atoms with Crippen LogP contribution in [0.3, 0.4) is 0 Å². The number of nitrogens with one attached hydrogen (secondary N) is 2. The van der Waals surface area contributed by atoms with Crippen molar-refractivity contribution in [1.29, 1.82) is 0 Å². The number of likely N-dealkylation sites (N-methyl/N-ethyl adjacent to an activating group) is 1. The normalized spacial score (nSPS) is 18.3. The third-order valence-corrected chi connectivity index (χ3v) is 6.10. The SMILES string of the molecule is CCNC(=O)C(=O)NC[C@H]1OCCCN1S(=O)(=O)c1cc(C)ccc1C. The van der Waals surface area contributed by atoms with Crippen LogP contribution < -0.4 is 10.6 Å². The topological polar surface area (TPSA) is 105 Å². The highest BCUT2D eigenvalue weighted by Crippen LogP contribution is 2.25. The third kappa shape index (κ3) is 4.60. The van der Waals surface area contributed by atoms with Crippen LogP contribution in [0.4, 0.5) is 0 Å². The smallest absolute Gasteiger partial charge is 0.309 e. The van der Waals surface area contributed by atoms with Crippen molar-refractivity contribution in [3.8, 4) is 0 Å². The van der Waals surface area contributed by atoms with E-state index in [0.29, 0.717) is 25.1 Å². The lowest BCUT2D eigenvalue weighted by Crippen LogP contribution is -2.53. The molecular weight excluding hydrogens is 358 g/mol. The molecule has 8 nitrogen and oxygen atoms in total. The predicted molar refractivity (Wildman–Crippen MR) is 95.9 cm³/mol. The minimum absolute atomic E-state index is 0.0972. The summed E-state index contributed by atoms with van der Waals surface area (Å²) in [7, 11) is -3.79. The largest absolute Gasteiger partial charge is 0.360 e. The number of sulfonamides is 1. The zero-order valence-corrected chi connectivity index (χ0v) is 16.1. The highest BCUT2D eigenvalue weighted by Gasteiger charge is 2.35. The predicted octanol–water partition coefficient (Wildman–Crippen LogP) is 0.293. The number of carbonyl (C=O) groups is 2. The molecule has 0 spiro atoms. The maximum absolute atomic E-state index is 13.1. The fourth-order valence-corrected chi connectivity index (χ4v) is 4.59. The number of amides is 2. The van der Waals surface area contributed by atoms with Crippen LogP contribution >= 0.6 is 0 Å². The van der Waals surface area contributed by atoms with Crippen LogP contribution in [0.5, 0.6) is 0 Å². The van der Waals surface area contributed by atoms with E-state index in [0.717, 1.165) is 5.56 Å². The second kappa shape index (κ2) is 8.61.